The van der Waals surface area contributed by atoms with E-state index < -0.39 is 0 Å². The highest BCUT2D eigenvalue weighted by atomic mass is 127. The Morgan fingerprint density at radius 2 is 2.00 bits per heavy atom. The molecule has 1 aromatic carbocycles. The van der Waals surface area contributed by atoms with E-state index in [2.05, 4.69) is 20.9 Å². The Morgan fingerprint density at radius 3 is 2.62 bits per heavy atom. The zero-order valence-electron chi connectivity index (χ0n) is 17.4. The number of amides is 2. The first-order valence-electron chi connectivity index (χ1n) is 9.77. The number of ether oxygens (including phenoxy) is 1. The Morgan fingerprint density at radius 1 is 1.28 bits per heavy atom. The molecule has 9 heteroatoms. The van der Waals surface area contributed by atoms with E-state index in [-0.39, 0.29) is 42.0 Å². The van der Waals surface area contributed by atoms with Gasteiger partial charge in [-0.3, -0.25) is 9.79 Å². The van der Waals surface area contributed by atoms with Gasteiger partial charge in [0.1, 0.15) is 0 Å². The quantitative estimate of drug-likeness (QED) is 0.305. The maximum atomic E-state index is 11.8. The standard InChI is InChI=1S/C20H31N5O3.HI/c1-4-28-20(27)25-12-9-17(10-13-25)24-19(22-3)23-11-8-15-6-5-7-16(14-15)18(26)21-2;/h5-7,14,17H,4,8-13H2,1-3H3,(H,21,26)(H2,22,23,24);1H. The smallest absolute Gasteiger partial charge is 0.409 e. The molecule has 1 aliphatic heterocycles. The van der Waals surface area contributed by atoms with E-state index >= 15 is 0 Å². The third-order valence-corrected chi connectivity index (χ3v) is 4.71. The monoisotopic (exact) mass is 517 g/mol. The van der Waals surface area contributed by atoms with Crippen LogP contribution in [0.3, 0.4) is 0 Å². The molecule has 2 amide bonds. The molecule has 0 aliphatic carbocycles. The Kier molecular flexibility index (Phi) is 11.4. The van der Waals surface area contributed by atoms with Gasteiger partial charge in [0.05, 0.1) is 6.61 Å². The highest BCUT2D eigenvalue weighted by Crippen LogP contribution is 2.11. The molecular formula is C20H32IN5O3. The van der Waals surface area contributed by atoms with Crippen molar-refractivity contribution in [2.45, 2.75) is 32.2 Å². The summed E-state index contributed by atoms with van der Waals surface area (Å²) >= 11 is 0. The number of hydrogen-bond acceptors (Lipinski definition) is 4. The number of carbonyl (C=O) groups is 2. The van der Waals surface area contributed by atoms with Gasteiger partial charge in [0.2, 0.25) is 0 Å². The minimum atomic E-state index is -0.234. The summed E-state index contributed by atoms with van der Waals surface area (Å²) in [5, 5.41) is 9.37. The second kappa shape index (κ2) is 13.2. The zero-order chi connectivity index (χ0) is 20.4. The Hall–Kier alpha value is -2.04. The van der Waals surface area contributed by atoms with Gasteiger partial charge in [-0.1, -0.05) is 12.1 Å². The first kappa shape index (κ1) is 25.0. The van der Waals surface area contributed by atoms with Crippen LogP contribution in [0.4, 0.5) is 4.79 Å². The minimum absolute atomic E-state index is 0. The lowest BCUT2D eigenvalue weighted by Gasteiger charge is -2.32. The second-order valence-corrected chi connectivity index (χ2v) is 6.63. The molecule has 0 spiro atoms. The third-order valence-electron chi connectivity index (χ3n) is 4.71. The molecule has 162 valence electrons. The zero-order valence-corrected chi connectivity index (χ0v) is 19.7. The topological polar surface area (TPSA) is 95.1 Å². The molecule has 1 heterocycles. The van der Waals surface area contributed by atoms with Crippen molar-refractivity contribution in [2.75, 3.05) is 40.3 Å². The van der Waals surface area contributed by atoms with Crippen LogP contribution in [-0.2, 0) is 11.2 Å². The molecule has 29 heavy (non-hydrogen) atoms. The fourth-order valence-corrected chi connectivity index (χ4v) is 3.15. The molecule has 0 unspecified atom stereocenters. The van der Waals surface area contributed by atoms with Gasteiger partial charge in [-0.2, -0.15) is 0 Å². The Bertz CT molecular complexity index is 690. The molecular weight excluding hydrogens is 485 g/mol. The number of likely N-dealkylation sites (tertiary alicyclic amines) is 1. The maximum absolute atomic E-state index is 11.8. The average molecular weight is 517 g/mol. The van der Waals surface area contributed by atoms with Gasteiger partial charge in [0.15, 0.2) is 5.96 Å². The summed E-state index contributed by atoms with van der Waals surface area (Å²) in [6.45, 7) is 4.29. The van der Waals surface area contributed by atoms with Crippen LogP contribution >= 0.6 is 24.0 Å². The minimum Gasteiger partial charge on any atom is -0.450 e. The summed E-state index contributed by atoms with van der Waals surface area (Å²) in [6.07, 6.45) is 2.26. The normalized spacial score (nSPS) is 14.6. The average Bonchev–Trinajstić information content (AvgIpc) is 2.73. The van der Waals surface area contributed by atoms with Crippen LogP contribution in [0.25, 0.3) is 0 Å². The summed E-state index contributed by atoms with van der Waals surface area (Å²) < 4.78 is 5.05. The van der Waals surface area contributed by atoms with E-state index in [1.54, 1.807) is 25.1 Å². The fourth-order valence-electron chi connectivity index (χ4n) is 3.15. The Labute approximate surface area is 189 Å². The number of rotatable bonds is 6. The number of aliphatic imine (C=N–C) groups is 1. The molecule has 3 N–H and O–H groups in total. The van der Waals surface area contributed by atoms with Gasteiger partial charge in [0, 0.05) is 45.3 Å². The number of nitrogens with zero attached hydrogens (tertiary/aromatic N) is 2. The number of guanidine groups is 1. The number of halogens is 1. The number of nitrogens with one attached hydrogen (secondary N) is 3. The van der Waals surface area contributed by atoms with Gasteiger partial charge in [-0.05, 0) is 43.9 Å². The number of carbonyl (C=O) groups excluding carboxylic acids is 2. The molecule has 0 aromatic heterocycles. The van der Waals surface area contributed by atoms with Crippen LogP contribution in [0.5, 0.6) is 0 Å². The molecule has 0 saturated carbocycles. The molecule has 1 fully saturated rings. The predicted octanol–water partition coefficient (Wildman–Crippen LogP) is 1.99. The van der Waals surface area contributed by atoms with Crippen LogP contribution in [-0.4, -0.2) is 69.2 Å². The molecule has 2 rings (SSSR count). The van der Waals surface area contributed by atoms with E-state index in [0.717, 1.165) is 30.8 Å². The van der Waals surface area contributed by atoms with Crippen molar-refractivity contribution in [3.63, 3.8) is 0 Å². The van der Waals surface area contributed by atoms with E-state index in [9.17, 15) is 9.59 Å². The molecule has 0 radical (unpaired) electrons. The summed E-state index contributed by atoms with van der Waals surface area (Å²) in [4.78, 5) is 29.5. The molecule has 1 saturated heterocycles. The van der Waals surface area contributed by atoms with Crippen molar-refractivity contribution in [3.05, 3.63) is 35.4 Å². The van der Waals surface area contributed by atoms with Crippen molar-refractivity contribution in [1.82, 2.24) is 20.9 Å². The summed E-state index contributed by atoms with van der Waals surface area (Å²) in [5.74, 6) is 0.665. The van der Waals surface area contributed by atoms with Crippen LogP contribution in [0.2, 0.25) is 0 Å². The van der Waals surface area contributed by atoms with E-state index in [0.29, 0.717) is 31.8 Å². The predicted molar refractivity (Wildman–Crippen MR) is 125 cm³/mol. The van der Waals surface area contributed by atoms with Gasteiger partial charge >= 0.3 is 6.09 Å². The molecule has 8 nitrogen and oxygen atoms in total. The maximum Gasteiger partial charge on any atom is 0.409 e. The van der Waals surface area contributed by atoms with Crippen molar-refractivity contribution < 1.29 is 14.3 Å². The SMILES string of the molecule is CCOC(=O)N1CCC(NC(=NC)NCCc2cccc(C(=O)NC)c2)CC1.I. The highest BCUT2D eigenvalue weighted by molar-refractivity contribution is 14.0. The fraction of sp³-hybridized carbons (Fsp3) is 0.550. The highest BCUT2D eigenvalue weighted by Gasteiger charge is 2.23. The number of hydrogen-bond donors (Lipinski definition) is 3. The molecule has 0 bridgehead atoms. The Balaban J connectivity index is 0.00000420. The summed E-state index contributed by atoms with van der Waals surface area (Å²) in [6, 6.07) is 7.88. The molecule has 0 atom stereocenters. The molecule has 1 aliphatic rings. The van der Waals surface area contributed by atoms with Crippen LogP contribution in [0.15, 0.2) is 29.3 Å². The largest absolute Gasteiger partial charge is 0.450 e. The van der Waals surface area contributed by atoms with Crippen LogP contribution < -0.4 is 16.0 Å². The van der Waals surface area contributed by atoms with Gasteiger partial charge in [-0.25, -0.2) is 4.79 Å². The molecule has 1 aromatic rings. The van der Waals surface area contributed by atoms with Crippen molar-refractivity contribution in [2.24, 2.45) is 4.99 Å². The number of benzene rings is 1. The van der Waals surface area contributed by atoms with Gasteiger partial charge in [-0.15, -0.1) is 24.0 Å². The van der Waals surface area contributed by atoms with Crippen LogP contribution in [0.1, 0.15) is 35.7 Å². The van der Waals surface area contributed by atoms with Crippen molar-refractivity contribution >= 4 is 41.9 Å². The first-order chi connectivity index (χ1) is 13.6. The van der Waals surface area contributed by atoms with E-state index in [1.165, 1.54) is 0 Å². The van der Waals surface area contributed by atoms with Gasteiger partial charge < -0.3 is 25.6 Å². The van der Waals surface area contributed by atoms with Crippen molar-refractivity contribution in [1.29, 1.82) is 0 Å². The second-order valence-electron chi connectivity index (χ2n) is 6.63. The third kappa shape index (κ3) is 8.08. The lowest BCUT2D eigenvalue weighted by Crippen LogP contribution is -2.50. The number of piperidine rings is 1. The summed E-state index contributed by atoms with van der Waals surface area (Å²) in [7, 11) is 3.37. The summed E-state index contributed by atoms with van der Waals surface area (Å²) in [5.41, 5.74) is 1.75. The lowest BCUT2D eigenvalue weighted by molar-refractivity contribution is 0.0955. The van der Waals surface area contributed by atoms with Crippen molar-refractivity contribution in [3.8, 4) is 0 Å². The lowest BCUT2D eigenvalue weighted by atomic mass is 10.1. The van der Waals surface area contributed by atoms with E-state index in [1.807, 2.05) is 25.1 Å². The van der Waals surface area contributed by atoms with Gasteiger partial charge in [0.25, 0.3) is 5.91 Å². The van der Waals surface area contributed by atoms with E-state index in [4.69, 9.17) is 4.74 Å². The van der Waals surface area contributed by atoms with Crippen LogP contribution in [0, 0.1) is 0 Å². The first-order valence-corrected chi connectivity index (χ1v) is 9.77.